The predicted octanol–water partition coefficient (Wildman–Crippen LogP) is 3.11. The maximum Gasteiger partial charge on any atom is 0.319 e. The van der Waals surface area contributed by atoms with Crippen molar-refractivity contribution in [1.29, 1.82) is 0 Å². The number of urea groups is 1. The van der Waals surface area contributed by atoms with Gasteiger partial charge in [-0.05, 0) is 75.4 Å². The first-order chi connectivity index (χ1) is 11.7. The molecule has 7 heteroatoms. The van der Waals surface area contributed by atoms with Crippen LogP contribution >= 0.6 is 12.4 Å². The summed E-state index contributed by atoms with van der Waals surface area (Å²) in [5.41, 5.74) is 1.49. The van der Waals surface area contributed by atoms with Crippen molar-refractivity contribution in [2.75, 3.05) is 23.7 Å². The van der Waals surface area contributed by atoms with Gasteiger partial charge in [-0.15, -0.1) is 12.4 Å². The van der Waals surface area contributed by atoms with Crippen LogP contribution in [0.4, 0.5) is 16.2 Å². The molecule has 3 rings (SSSR count). The second kappa shape index (κ2) is 9.63. The highest BCUT2D eigenvalue weighted by atomic mass is 35.5. The van der Waals surface area contributed by atoms with Gasteiger partial charge in [0.2, 0.25) is 5.91 Å². The molecule has 1 aliphatic heterocycles. The predicted molar refractivity (Wildman–Crippen MR) is 102 cm³/mol. The van der Waals surface area contributed by atoms with Crippen molar-refractivity contribution in [3.63, 3.8) is 0 Å². The molecule has 1 heterocycles. The molecule has 1 aliphatic carbocycles. The number of carbonyl (C=O) groups excluding carboxylic acids is 2. The standard InChI is InChI=1S/C18H26N4O2.ClH/c23-17(8-1-13-9-11-19-12-10-13)20-14-2-4-15(5-3-14)21-18(24)22-16-6-7-16;/h2-5,13,16,19H,1,6-12H2,(H,20,23)(H2,21,22,24);1H. The van der Waals surface area contributed by atoms with Gasteiger partial charge in [0.05, 0.1) is 0 Å². The lowest BCUT2D eigenvalue weighted by molar-refractivity contribution is -0.116. The monoisotopic (exact) mass is 366 g/mol. The summed E-state index contributed by atoms with van der Waals surface area (Å²) in [6.07, 6.45) is 5.97. The molecular weight excluding hydrogens is 340 g/mol. The molecule has 1 aromatic rings. The van der Waals surface area contributed by atoms with E-state index in [0.717, 1.165) is 56.6 Å². The fourth-order valence-corrected chi connectivity index (χ4v) is 2.95. The normalized spacial score (nSPS) is 17.3. The Labute approximate surface area is 154 Å². The first-order valence-corrected chi connectivity index (χ1v) is 8.87. The van der Waals surface area contributed by atoms with Gasteiger partial charge in [0.15, 0.2) is 0 Å². The van der Waals surface area contributed by atoms with Gasteiger partial charge in [0.1, 0.15) is 0 Å². The Morgan fingerprint density at radius 1 is 0.960 bits per heavy atom. The second-order valence-corrected chi connectivity index (χ2v) is 6.73. The number of carbonyl (C=O) groups is 2. The summed E-state index contributed by atoms with van der Waals surface area (Å²) in [6.45, 7) is 2.13. The second-order valence-electron chi connectivity index (χ2n) is 6.73. The molecule has 2 aliphatic rings. The molecule has 138 valence electrons. The van der Waals surface area contributed by atoms with Crippen molar-refractivity contribution in [2.45, 2.75) is 44.6 Å². The number of hydrogen-bond acceptors (Lipinski definition) is 3. The Bertz CT molecular complexity index is 569. The largest absolute Gasteiger partial charge is 0.335 e. The van der Waals surface area contributed by atoms with Crippen LogP contribution in [0.3, 0.4) is 0 Å². The Balaban J connectivity index is 0.00000225. The highest BCUT2D eigenvalue weighted by Gasteiger charge is 2.23. The number of piperidine rings is 1. The number of anilines is 2. The molecule has 4 N–H and O–H groups in total. The third-order valence-electron chi connectivity index (χ3n) is 4.58. The van der Waals surface area contributed by atoms with Gasteiger partial charge in [0, 0.05) is 23.8 Å². The average molecular weight is 367 g/mol. The molecule has 0 atom stereocenters. The van der Waals surface area contributed by atoms with Gasteiger partial charge in [-0.1, -0.05) is 0 Å². The lowest BCUT2D eigenvalue weighted by Crippen LogP contribution is -2.30. The highest BCUT2D eigenvalue weighted by Crippen LogP contribution is 2.20. The summed E-state index contributed by atoms with van der Waals surface area (Å²) in [5.74, 6) is 0.717. The SMILES string of the molecule is Cl.O=C(CCC1CCNCC1)Nc1ccc(NC(=O)NC2CC2)cc1. The topological polar surface area (TPSA) is 82.3 Å². The van der Waals surface area contributed by atoms with Crippen molar-refractivity contribution >= 4 is 35.7 Å². The summed E-state index contributed by atoms with van der Waals surface area (Å²) < 4.78 is 0. The molecule has 0 bridgehead atoms. The van der Waals surface area contributed by atoms with E-state index in [2.05, 4.69) is 21.3 Å². The molecule has 25 heavy (non-hydrogen) atoms. The van der Waals surface area contributed by atoms with E-state index < -0.39 is 0 Å². The number of benzene rings is 1. The molecule has 2 fully saturated rings. The van der Waals surface area contributed by atoms with E-state index in [-0.39, 0.29) is 24.3 Å². The van der Waals surface area contributed by atoms with Gasteiger partial charge in [-0.2, -0.15) is 0 Å². The summed E-state index contributed by atoms with van der Waals surface area (Å²) >= 11 is 0. The molecule has 1 saturated heterocycles. The molecule has 0 radical (unpaired) electrons. The van der Waals surface area contributed by atoms with Gasteiger partial charge in [-0.3, -0.25) is 4.79 Å². The fourth-order valence-electron chi connectivity index (χ4n) is 2.95. The molecule has 0 aromatic heterocycles. The van der Waals surface area contributed by atoms with E-state index >= 15 is 0 Å². The third-order valence-corrected chi connectivity index (χ3v) is 4.58. The van der Waals surface area contributed by atoms with E-state index in [1.807, 2.05) is 12.1 Å². The van der Waals surface area contributed by atoms with E-state index in [4.69, 9.17) is 0 Å². The van der Waals surface area contributed by atoms with Crippen LogP contribution in [-0.2, 0) is 4.79 Å². The van der Waals surface area contributed by atoms with E-state index in [0.29, 0.717) is 18.4 Å². The van der Waals surface area contributed by atoms with Crippen LogP contribution in [0.15, 0.2) is 24.3 Å². The van der Waals surface area contributed by atoms with Crippen molar-refractivity contribution in [1.82, 2.24) is 10.6 Å². The zero-order valence-electron chi connectivity index (χ0n) is 14.3. The summed E-state index contributed by atoms with van der Waals surface area (Å²) in [7, 11) is 0. The molecular formula is C18H27ClN4O2. The van der Waals surface area contributed by atoms with E-state index in [1.165, 1.54) is 0 Å². The Morgan fingerprint density at radius 2 is 1.56 bits per heavy atom. The number of hydrogen-bond donors (Lipinski definition) is 4. The Morgan fingerprint density at radius 3 is 2.16 bits per heavy atom. The zero-order valence-corrected chi connectivity index (χ0v) is 15.2. The van der Waals surface area contributed by atoms with Gasteiger partial charge in [0.25, 0.3) is 0 Å². The average Bonchev–Trinajstić information content (AvgIpc) is 3.39. The van der Waals surface area contributed by atoms with Crippen LogP contribution < -0.4 is 21.3 Å². The molecule has 6 nitrogen and oxygen atoms in total. The van der Waals surface area contributed by atoms with Crippen LogP contribution in [0.2, 0.25) is 0 Å². The lowest BCUT2D eigenvalue weighted by Gasteiger charge is -2.22. The summed E-state index contributed by atoms with van der Waals surface area (Å²) in [6, 6.07) is 7.40. The smallest absolute Gasteiger partial charge is 0.319 e. The van der Waals surface area contributed by atoms with Crippen LogP contribution in [0.1, 0.15) is 38.5 Å². The minimum atomic E-state index is -0.170. The minimum Gasteiger partial charge on any atom is -0.335 e. The van der Waals surface area contributed by atoms with Crippen LogP contribution in [-0.4, -0.2) is 31.1 Å². The quantitative estimate of drug-likeness (QED) is 0.624. The minimum absolute atomic E-state index is 0. The van der Waals surface area contributed by atoms with Gasteiger partial charge < -0.3 is 21.3 Å². The maximum atomic E-state index is 12.0. The van der Waals surface area contributed by atoms with E-state index in [1.54, 1.807) is 12.1 Å². The highest BCUT2D eigenvalue weighted by molar-refractivity contribution is 5.92. The first-order valence-electron chi connectivity index (χ1n) is 8.87. The first kappa shape index (κ1) is 19.5. The van der Waals surface area contributed by atoms with Crippen LogP contribution in [0.25, 0.3) is 0 Å². The fraction of sp³-hybridized carbons (Fsp3) is 0.556. The Kier molecular flexibility index (Phi) is 7.52. The van der Waals surface area contributed by atoms with Crippen LogP contribution in [0, 0.1) is 5.92 Å². The summed E-state index contributed by atoms with van der Waals surface area (Å²) in [4.78, 5) is 23.7. The van der Waals surface area contributed by atoms with Crippen LogP contribution in [0.5, 0.6) is 0 Å². The van der Waals surface area contributed by atoms with Gasteiger partial charge >= 0.3 is 6.03 Å². The molecule has 0 spiro atoms. The van der Waals surface area contributed by atoms with Crippen molar-refractivity contribution in [3.05, 3.63) is 24.3 Å². The Hall–Kier alpha value is -1.79. The molecule has 3 amide bonds. The zero-order chi connectivity index (χ0) is 16.8. The molecule has 1 saturated carbocycles. The third kappa shape index (κ3) is 6.92. The van der Waals surface area contributed by atoms with E-state index in [9.17, 15) is 9.59 Å². The number of amides is 3. The number of halogens is 1. The van der Waals surface area contributed by atoms with Crippen molar-refractivity contribution in [2.24, 2.45) is 5.92 Å². The van der Waals surface area contributed by atoms with Gasteiger partial charge in [-0.25, -0.2) is 4.79 Å². The number of rotatable bonds is 6. The lowest BCUT2D eigenvalue weighted by atomic mass is 9.93. The maximum absolute atomic E-state index is 12.0. The van der Waals surface area contributed by atoms with Crippen molar-refractivity contribution < 1.29 is 9.59 Å². The van der Waals surface area contributed by atoms with Crippen molar-refractivity contribution in [3.8, 4) is 0 Å². The molecule has 1 aromatic carbocycles. The number of nitrogens with one attached hydrogen (secondary N) is 4. The molecule has 0 unspecified atom stereocenters. The summed E-state index contributed by atoms with van der Waals surface area (Å²) in [5, 5.41) is 11.9.